The Hall–Kier alpha value is -4.91. The number of amides is 1. The third-order valence-electron chi connectivity index (χ3n) is 8.50. The molecular weight excluding hydrogens is 530 g/mol. The van der Waals surface area contributed by atoms with Crippen molar-refractivity contribution in [1.82, 2.24) is 4.90 Å². The van der Waals surface area contributed by atoms with Crippen LogP contribution in [-0.2, 0) is 17.6 Å². The molecule has 212 valence electrons. The number of carboxylic acids is 1. The maximum absolute atomic E-state index is 13.9. The number of hydrogen-bond donors (Lipinski definition) is 1. The van der Waals surface area contributed by atoms with E-state index in [2.05, 4.69) is 0 Å². The fraction of sp³-hybridized carbons (Fsp3) is 0.229. The van der Waals surface area contributed by atoms with Crippen molar-refractivity contribution in [2.75, 3.05) is 13.7 Å². The maximum atomic E-state index is 13.9. The minimum atomic E-state index is -0.969. The summed E-state index contributed by atoms with van der Waals surface area (Å²) in [4.78, 5) is 41.7. The minimum Gasteiger partial charge on any atom is -0.493 e. The topological polar surface area (TPSA) is 93.1 Å². The molecule has 7 heteroatoms. The summed E-state index contributed by atoms with van der Waals surface area (Å²) in [5.41, 5.74) is 3.41. The summed E-state index contributed by atoms with van der Waals surface area (Å²) in [5, 5.41) is 10.7. The second-order valence-corrected chi connectivity index (χ2v) is 10.9. The number of fused-ring (bicyclic) bond motifs is 2. The molecule has 42 heavy (non-hydrogen) atoms. The van der Waals surface area contributed by atoms with E-state index in [0.29, 0.717) is 41.8 Å². The van der Waals surface area contributed by atoms with Gasteiger partial charge >= 0.3 is 11.9 Å². The molecule has 1 saturated heterocycles. The SMILES string of the molecule is COc1cc2c(cc1OC(=O)c1ccccc1)[C@@H](C(=O)O)[C@H]1[C@@H](C2)CN(C(=O)c2ccccc2)[C@H]1Cc1ccccc1. The summed E-state index contributed by atoms with van der Waals surface area (Å²) in [6, 6.07) is 30.7. The van der Waals surface area contributed by atoms with E-state index in [-0.39, 0.29) is 29.5 Å². The van der Waals surface area contributed by atoms with E-state index >= 15 is 0 Å². The van der Waals surface area contributed by atoms with Crippen LogP contribution in [0, 0.1) is 11.8 Å². The average molecular weight is 562 g/mol. The van der Waals surface area contributed by atoms with Gasteiger partial charge in [0.05, 0.1) is 18.6 Å². The molecular formula is C35H31NO6. The van der Waals surface area contributed by atoms with Crippen LogP contribution in [-0.4, -0.2) is 47.5 Å². The second-order valence-electron chi connectivity index (χ2n) is 10.9. The molecule has 0 bridgehead atoms. The Morgan fingerprint density at radius 3 is 2.07 bits per heavy atom. The summed E-state index contributed by atoms with van der Waals surface area (Å²) in [6.45, 7) is 0.451. The number of esters is 1. The second kappa shape index (κ2) is 11.5. The number of nitrogens with zero attached hydrogens (tertiary/aromatic N) is 1. The van der Waals surface area contributed by atoms with Gasteiger partial charge in [-0.05, 0) is 71.8 Å². The first-order valence-corrected chi connectivity index (χ1v) is 14.1. The number of hydrogen-bond acceptors (Lipinski definition) is 5. The van der Waals surface area contributed by atoms with E-state index in [4.69, 9.17) is 9.47 Å². The number of likely N-dealkylation sites (tertiary alicyclic amines) is 1. The van der Waals surface area contributed by atoms with Crippen molar-refractivity contribution in [1.29, 1.82) is 0 Å². The van der Waals surface area contributed by atoms with Crippen molar-refractivity contribution in [2.45, 2.75) is 24.8 Å². The van der Waals surface area contributed by atoms with E-state index in [1.165, 1.54) is 7.11 Å². The molecule has 1 N–H and O–H groups in total. The smallest absolute Gasteiger partial charge is 0.343 e. The van der Waals surface area contributed by atoms with Gasteiger partial charge < -0.3 is 19.5 Å². The number of rotatable bonds is 7. The highest BCUT2D eigenvalue weighted by atomic mass is 16.6. The van der Waals surface area contributed by atoms with Crippen LogP contribution >= 0.6 is 0 Å². The molecule has 2 aliphatic rings. The molecule has 7 nitrogen and oxygen atoms in total. The Bertz CT molecular complexity index is 1610. The zero-order valence-electron chi connectivity index (χ0n) is 23.2. The molecule has 0 aromatic heterocycles. The van der Waals surface area contributed by atoms with Gasteiger partial charge in [0.15, 0.2) is 11.5 Å². The monoisotopic (exact) mass is 561 g/mol. The highest BCUT2D eigenvalue weighted by Gasteiger charge is 2.53. The first kappa shape index (κ1) is 27.3. The van der Waals surface area contributed by atoms with Crippen LogP contribution < -0.4 is 9.47 Å². The highest BCUT2D eigenvalue weighted by molar-refractivity contribution is 5.95. The lowest BCUT2D eigenvalue weighted by molar-refractivity contribution is -0.141. The Labute approximate surface area is 244 Å². The first-order valence-electron chi connectivity index (χ1n) is 14.1. The zero-order valence-corrected chi connectivity index (χ0v) is 23.2. The van der Waals surface area contributed by atoms with Gasteiger partial charge in [-0.2, -0.15) is 0 Å². The molecule has 1 aliphatic carbocycles. The minimum absolute atomic E-state index is 0.0672. The van der Waals surface area contributed by atoms with Gasteiger partial charge in [0.1, 0.15) is 0 Å². The van der Waals surface area contributed by atoms with Crippen LogP contribution in [0.4, 0.5) is 0 Å². The molecule has 6 rings (SSSR count). The molecule has 1 heterocycles. The maximum Gasteiger partial charge on any atom is 0.343 e. The van der Waals surface area contributed by atoms with E-state index in [1.807, 2.05) is 59.5 Å². The van der Waals surface area contributed by atoms with Crippen molar-refractivity contribution >= 4 is 17.8 Å². The normalized spacial score (nSPS) is 20.7. The van der Waals surface area contributed by atoms with Crippen LogP contribution in [0.2, 0.25) is 0 Å². The average Bonchev–Trinajstić information content (AvgIpc) is 3.37. The number of ether oxygens (including phenoxy) is 2. The van der Waals surface area contributed by atoms with Crippen LogP contribution in [0.5, 0.6) is 11.5 Å². The highest BCUT2D eigenvalue weighted by Crippen LogP contribution is 2.50. The summed E-state index contributed by atoms with van der Waals surface area (Å²) < 4.78 is 11.3. The molecule has 1 aliphatic heterocycles. The Balaban J connectivity index is 1.41. The van der Waals surface area contributed by atoms with Gasteiger partial charge in [-0.1, -0.05) is 66.7 Å². The number of methoxy groups -OCH3 is 1. The van der Waals surface area contributed by atoms with Crippen LogP contribution in [0.1, 0.15) is 43.3 Å². The summed E-state index contributed by atoms with van der Waals surface area (Å²) >= 11 is 0. The number of carboxylic acid groups (broad SMARTS) is 1. The van der Waals surface area contributed by atoms with Gasteiger partial charge in [-0.3, -0.25) is 9.59 Å². The molecule has 0 radical (unpaired) electrons. The van der Waals surface area contributed by atoms with E-state index in [1.54, 1.807) is 48.5 Å². The van der Waals surface area contributed by atoms with Gasteiger partial charge in [0.25, 0.3) is 5.91 Å². The Kier molecular flexibility index (Phi) is 7.48. The number of aliphatic carboxylic acids is 1. The van der Waals surface area contributed by atoms with Crippen LogP contribution in [0.15, 0.2) is 103 Å². The number of benzene rings is 4. The predicted octanol–water partition coefficient (Wildman–Crippen LogP) is 5.64. The van der Waals surface area contributed by atoms with Crippen molar-refractivity contribution in [3.8, 4) is 11.5 Å². The van der Waals surface area contributed by atoms with Gasteiger partial charge in [0, 0.05) is 24.1 Å². The number of carbonyl (C=O) groups is 3. The molecule has 1 amide bonds. The Morgan fingerprint density at radius 2 is 1.45 bits per heavy atom. The van der Waals surface area contributed by atoms with Gasteiger partial charge in [0.2, 0.25) is 0 Å². The Morgan fingerprint density at radius 1 is 0.833 bits per heavy atom. The fourth-order valence-corrected chi connectivity index (χ4v) is 6.65. The van der Waals surface area contributed by atoms with E-state index in [0.717, 1.165) is 11.1 Å². The molecule has 4 atom stereocenters. The van der Waals surface area contributed by atoms with Crippen LogP contribution in [0.25, 0.3) is 0 Å². The standard InChI is InChI=1S/C35H31NO6/c1-41-29-19-25-18-26-21-36(33(37)23-13-7-3-8-14-23)28(17-22-11-5-2-6-12-22)31(26)32(34(38)39)27(25)20-30(29)42-35(40)24-15-9-4-10-16-24/h2-16,19-20,26,28,31-32H,17-18,21H2,1H3,(H,38,39)/t26-,28-,31-,32+/m0/s1. The van der Waals surface area contributed by atoms with Gasteiger partial charge in [-0.25, -0.2) is 4.79 Å². The van der Waals surface area contributed by atoms with Crippen molar-refractivity contribution in [3.63, 3.8) is 0 Å². The summed E-state index contributed by atoms with van der Waals surface area (Å²) in [7, 11) is 1.49. The molecule has 4 aromatic rings. The predicted molar refractivity (Wildman–Crippen MR) is 157 cm³/mol. The van der Waals surface area contributed by atoms with E-state index < -0.39 is 17.9 Å². The molecule has 1 fully saturated rings. The summed E-state index contributed by atoms with van der Waals surface area (Å²) in [6.07, 6.45) is 1.11. The third kappa shape index (κ3) is 5.14. The van der Waals surface area contributed by atoms with Crippen LogP contribution in [0.3, 0.4) is 0 Å². The lowest BCUT2D eigenvalue weighted by Crippen LogP contribution is -2.43. The van der Waals surface area contributed by atoms with Gasteiger partial charge in [-0.15, -0.1) is 0 Å². The van der Waals surface area contributed by atoms with Crippen molar-refractivity contribution in [3.05, 3.63) is 131 Å². The van der Waals surface area contributed by atoms with Crippen molar-refractivity contribution in [2.24, 2.45) is 11.8 Å². The first-order chi connectivity index (χ1) is 20.4. The lowest BCUT2D eigenvalue weighted by atomic mass is 9.67. The largest absolute Gasteiger partial charge is 0.493 e. The zero-order chi connectivity index (χ0) is 29.2. The summed E-state index contributed by atoms with van der Waals surface area (Å²) in [5.74, 6) is -2.41. The number of carbonyl (C=O) groups excluding carboxylic acids is 2. The molecule has 0 saturated carbocycles. The molecule has 0 unspecified atom stereocenters. The lowest BCUT2D eigenvalue weighted by Gasteiger charge is -2.37. The third-order valence-corrected chi connectivity index (χ3v) is 8.50. The quantitative estimate of drug-likeness (QED) is 0.232. The van der Waals surface area contributed by atoms with Crippen molar-refractivity contribution < 1.29 is 29.0 Å². The molecule has 4 aromatic carbocycles. The fourth-order valence-electron chi connectivity index (χ4n) is 6.65. The van der Waals surface area contributed by atoms with E-state index in [9.17, 15) is 19.5 Å². The molecule has 0 spiro atoms.